The maximum absolute atomic E-state index is 11.6. The molecule has 1 atom stereocenters. The fourth-order valence-corrected chi connectivity index (χ4v) is 1.89. The number of ether oxygens (including phenoxy) is 2. The third kappa shape index (κ3) is 6.23. The molecule has 0 saturated heterocycles. The molecule has 3 N–H and O–H groups in total. The molecule has 5 nitrogen and oxygen atoms in total. The van der Waals surface area contributed by atoms with E-state index in [4.69, 9.17) is 26.8 Å². The van der Waals surface area contributed by atoms with Crippen LogP contribution in [0.3, 0.4) is 0 Å². The van der Waals surface area contributed by atoms with E-state index in [1.807, 2.05) is 6.92 Å². The Morgan fingerprint density at radius 1 is 1.43 bits per heavy atom. The summed E-state index contributed by atoms with van der Waals surface area (Å²) in [5.74, 6) is 0.667. The van der Waals surface area contributed by atoms with E-state index in [1.165, 1.54) is 0 Å². The lowest BCUT2D eigenvalue weighted by Crippen LogP contribution is -2.36. The van der Waals surface area contributed by atoms with Crippen LogP contribution in [0.4, 0.5) is 4.79 Å². The van der Waals surface area contributed by atoms with Gasteiger partial charge in [-0.25, -0.2) is 4.79 Å². The molecule has 0 aliphatic carbocycles. The highest BCUT2D eigenvalue weighted by Gasteiger charge is 2.18. The summed E-state index contributed by atoms with van der Waals surface area (Å²) in [6.45, 7) is 8.06. The van der Waals surface area contributed by atoms with Crippen LogP contribution in [-0.4, -0.2) is 24.8 Å². The minimum atomic E-state index is -0.541. The minimum Gasteiger partial charge on any atom is -0.494 e. The number of carbonyl (C=O) groups is 1. The topological polar surface area (TPSA) is 73.6 Å². The predicted octanol–water partition coefficient (Wildman–Crippen LogP) is 3.26. The summed E-state index contributed by atoms with van der Waals surface area (Å²) >= 11 is 5.99. The average molecular weight is 315 g/mol. The van der Waals surface area contributed by atoms with Crippen LogP contribution in [-0.2, 0) is 4.74 Å². The van der Waals surface area contributed by atoms with Crippen LogP contribution in [0, 0.1) is 0 Å². The number of nitrogens with two attached hydrogens (primary N) is 1. The summed E-state index contributed by atoms with van der Waals surface area (Å²) in [6, 6.07) is 4.82. The quantitative estimate of drug-likeness (QED) is 0.875. The van der Waals surface area contributed by atoms with E-state index in [0.717, 1.165) is 5.56 Å². The van der Waals surface area contributed by atoms with Gasteiger partial charge in [0.15, 0.2) is 0 Å². The molecule has 0 aliphatic rings. The molecule has 1 amide bonds. The van der Waals surface area contributed by atoms with Gasteiger partial charge in [0.2, 0.25) is 0 Å². The standard InChI is InChI=1S/C15H23ClN2O3/c1-5-20-13-7-6-10(16)8-11(13)12(17)9-18-14(19)21-15(2,3)4/h6-8,12H,5,9,17H2,1-4H3,(H,18,19). The van der Waals surface area contributed by atoms with Crippen LogP contribution in [0.5, 0.6) is 5.75 Å². The molecule has 0 aromatic heterocycles. The van der Waals surface area contributed by atoms with Gasteiger partial charge in [0.25, 0.3) is 0 Å². The number of alkyl carbamates (subject to hydrolysis) is 1. The fraction of sp³-hybridized carbons (Fsp3) is 0.533. The predicted molar refractivity (Wildman–Crippen MR) is 83.8 cm³/mol. The highest BCUT2D eigenvalue weighted by Crippen LogP contribution is 2.27. The number of nitrogens with one attached hydrogen (secondary N) is 1. The maximum Gasteiger partial charge on any atom is 0.407 e. The largest absolute Gasteiger partial charge is 0.494 e. The van der Waals surface area contributed by atoms with E-state index >= 15 is 0 Å². The molecule has 1 aromatic rings. The van der Waals surface area contributed by atoms with Crippen molar-refractivity contribution < 1.29 is 14.3 Å². The monoisotopic (exact) mass is 314 g/mol. The Hall–Kier alpha value is -1.46. The number of benzene rings is 1. The fourth-order valence-electron chi connectivity index (χ4n) is 1.71. The van der Waals surface area contributed by atoms with Crippen LogP contribution >= 0.6 is 11.6 Å². The summed E-state index contributed by atoms with van der Waals surface area (Å²) in [4.78, 5) is 11.6. The van der Waals surface area contributed by atoms with Crippen LogP contribution in [0.2, 0.25) is 5.02 Å². The molecule has 118 valence electrons. The SMILES string of the molecule is CCOc1ccc(Cl)cc1C(N)CNC(=O)OC(C)(C)C. The summed E-state index contributed by atoms with van der Waals surface area (Å²) in [7, 11) is 0. The van der Waals surface area contributed by atoms with Gasteiger partial charge in [0.05, 0.1) is 12.6 Å². The summed E-state index contributed by atoms with van der Waals surface area (Å²) in [6.07, 6.45) is -0.502. The number of amides is 1. The third-order valence-electron chi connectivity index (χ3n) is 2.54. The first-order valence-corrected chi connectivity index (χ1v) is 7.25. The first kappa shape index (κ1) is 17.6. The van der Waals surface area contributed by atoms with Gasteiger partial charge in [-0.3, -0.25) is 0 Å². The summed E-state index contributed by atoms with van der Waals surface area (Å²) in [5.41, 5.74) is 6.31. The van der Waals surface area contributed by atoms with Crippen LogP contribution in [0.25, 0.3) is 0 Å². The van der Waals surface area contributed by atoms with Crippen LogP contribution in [0.15, 0.2) is 18.2 Å². The number of halogens is 1. The van der Waals surface area contributed by atoms with E-state index < -0.39 is 17.7 Å². The molecular formula is C15H23ClN2O3. The van der Waals surface area contributed by atoms with Crippen molar-refractivity contribution in [2.45, 2.75) is 39.3 Å². The number of hydrogen-bond acceptors (Lipinski definition) is 4. The van der Waals surface area contributed by atoms with E-state index in [-0.39, 0.29) is 6.54 Å². The number of carbonyl (C=O) groups excluding carboxylic acids is 1. The van der Waals surface area contributed by atoms with E-state index in [0.29, 0.717) is 17.4 Å². The summed E-state index contributed by atoms with van der Waals surface area (Å²) < 4.78 is 10.7. The molecule has 21 heavy (non-hydrogen) atoms. The van der Waals surface area contributed by atoms with Crippen molar-refractivity contribution in [3.63, 3.8) is 0 Å². The van der Waals surface area contributed by atoms with E-state index in [2.05, 4.69) is 5.32 Å². The molecule has 0 fully saturated rings. The summed E-state index contributed by atoms with van der Waals surface area (Å²) in [5, 5.41) is 3.21. The Kier molecular flexibility index (Phi) is 6.30. The van der Waals surface area contributed by atoms with Gasteiger partial charge in [-0.05, 0) is 45.9 Å². The van der Waals surface area contributed by atoms with Crippen molar-refractivity contribution in [2.24, 2.45) is 5.73 Å². The molecule has 0 aliphatic heterocycles. The van der Waals surface area contributed by atoms with E-state index in [1.54, 1.807) is 39.0 Å². The third-order valence-corrected chi connectivity index (χ3v) is 2.77. The van der Waals surface area contributed by atoms with Gasteiger partial charge in [0.1, 0.15) is 11.4 Å². The van der Waals surface area contributed by atoms with Gasteiger partial charge in [-0.1, -0.05) is 11.6 Å². The molecule has 1 aromatic carbocycles. The maximum atomic E-state index is 11.6. The van der Waals surface area contributed by atoms with Gasteiger partial charge in [0, 0.05) is 17.1 Å². The minimum absolute atomic E-state index is 0.231. The van der Waals surface area contributed by atoms with Gasteiger partial charge < -0.3 is 20.5 Å². The molecule has 0 heterocycles. The van der Waals surface area contributed by atoms with Crippen molar-refractivity contribution in [3.8, 4) is 5.75 Å². The van der Waals surface area contributed by atoms with Gasteiger partial charge >= 0.3 is 6.09 Å². The Bertz CT molecular complexity index is 486. The molecule has 1 rings (SSSR count). The van der Waals surface area contributed by atoms with Crippen molar-refractivity contribution in [1.29, 1.82) is 0 Å². The Morgan fingerprint density at radius 2 is 2.10 bits per heavy atom. The zero-order valence-corrected chi connectivity index (χ0v) is 13.7. The smallest absolute Gasteiger partial charge is 0.407 e. The van der Waals surface area contributed by atoms with Crippen molar-refractivity contribution in [3.05, 3.63) is 28.8 Å². The molecule has 0 spiro atoms. The number of rotatable bonds is 5. The lowest BCUT2D eigenvalue weighted by atomic mass is 10.1. The highest BCUT2D eigenvalue weighted by molar-refractivity contribution is 6.30. The average Bonchev–Trinajstić information content (AvgIpc) is 2.36. The van der Waals surface area contributed by atoms with Crippen molar-refractivity contribution >= 4 is 17.7 Å². The Morgan fingerprint density at radius 3 is 2.67 bits per heavy atom. The van der Waals surface area contributed by atoms with Gasteiger partial charge in [-0.15, -0.1) is 0 Å². The molecule has 0 saturated carbocycles. The first-order valence-electron chi connectivity index (χ1n) is 6.87. The van der Waals surface area contributed by atoms with E-state index in [9.17, 15) is 4.79 Å². The molecule has 6 heteroatoms. The molecular weight excluding hydrogens is 292 g/mol. The first-order chi connectivity index (χ1) is 9.73. The highest BCUT2D eigenvalue weighted by atomic mass is 35.5. The molecule has 1 unspecified atom stereocenters. The van der Waals surface area contributed by atoms with Crippen LogP contribution in [0.1, 0.15) is 39.3 Å². The Labute approximate surface area is 130 Å². The van der Waals surface area contributed by atoms with Crippen molar-refractivity contribution in [1.82, 2.24) is 5.32 Å². The second-order valence-electron chi connectivity index (χ2n) is 5.60. The second kappa shape index (κ2) is 7.52. The normalized spacial score (nSPS) is 12.7. The lowest BCUT2D eigenvalue weighted by molar-refractivity contribution is 0.0524. The number of hydrogen-bond donors (Lipinski definition) is 2. The van der Waals surface area contributed by atoms with Crippen LogP contribution < -0.4 is 15.8 Å². The van der Waals surface area contributed by atoms with Crippen molar-refractivity contribution in [2.75, 3.05) is 13.2 Å². The zero-order valence-electron chi connectivity index (χ0n) is 12.9. The zero-order chi connectivity index (χ0) is 16.0. The Balaban J connectivity index is 2.69. The van der Waals surface area contributed by atoms with Gasteiger partial charge in [-0.2, -0.15) is 0 Å². The molecule has 0 bridgehead atoms. The second-order valence-corrected chi connectivity index (χ2v) is 6.04. The molecule has 0 radical (unpaired) electrons. The lowest BCUT2D eigenvalue weighted by Gasteiger charge is -2.21.